The topological polar surface area (TPSA) is 56.3 Å². The monoisotopic (exact) mass is 432 g/mol. The van der Waals surface area contributed by atoms with Crippen molar-refractivity contribution in [1.29, 1.82) is 5.26 Å². The highest BCUT2D eigenvalue weighted by Crippen LogP contribution is 2.41. The minimum Gasteiger partial charge on any atom is -0.423 e. The lowest BCUT2D eigenvalue weighted by atomic mass is 9.69. The molecule has 166 valence electrons. The van der Waals surface area contributed by atoms with E-state index in [1.165, 1.54) is 12.1 Å². The third-order valence-corrected chi connectivity index (χ3v) is 7.57. The molecule has 1 aliphatic carbocycles. The molecule has 5 nitrogen and oxygen atoms in total. The molecule has 2 fully saturated rings. The van der Waals surface area contributed by atoms with Crippen LogP contribution in [0.3, 0.4) is 0 Å². The summed E-state index contributed by atoms with van der Waals surface area (Å²) in [5, 5.41) is 9.94. The maximum atomic E-state index is 13.3. The lowest BCUT2D eigenvalue weighted by Crippen LogP contribution is -2.49. The van der Waals surface area contributed by atoms with Crippen LogP contribution in [0.25, 0.3) is 11.1 Å². The highest BCUT2D eigenvalue weighted by molar-refractivity contribution is 5.74. The molecule has 6 heteroatoms. The van der Waals surface area contributed by atoms with Crippen molar-refractivity contribution in [2.75, 3.05) is 25.0 Å². The van der Waals surface area contributed by atoms with Gasteiger partial charge in [-0.05, 0) is 68.4 Å². The first-order valence-corrected chi connectivity index (χ1v) is 11.6. The predicted molar refractivity (Wildman–Crippen MR) is 123 cm³/mol. The summed E-state index contributed by atoms with van der Waals surface area (Å²) in [6.07, 6.45) is 5.85. The molecule has 1 aromatic heterocycles. The van der Waals surface area contributed by atoms with Gasteiger partial charge in [0.1, 0.15) is 11.3 Å². The summed E-state index contributed by atoms with van der Waals surface area (Å²) in [6.45, 7) is 2.10. The Hall–Kier alpha value is -2.91. The van der Waals surface area contributed by atoms with E-state index in [1.807, 2.05) is 24.3 Å². The molecule has 0 amide bonds. The van der Waals surface area contributed by atoms with Gasteiger partial charge < -0.3 is 14.2 Å². The standard InChI is InChI=1S/C26H29FN4O/c1-30(25-29-23-4-2-3-5-24(23)32-25)21-12-16-31(17-13-21)22-10-14-26(18-28,15-11-22)19-6-8-20(27)9-7-19/h2-9,21-22H,10-17H2,1H3/t22-,26-. The molecule has 1 saturated heterocycles. The van der Waals surface area contributed by atoms with Crippen molar-refractivity contribution in [1.82, 2.24) is 9.88 Å². The van der Waals surface area contributed by atoms with Crippen molar-refractivity contribution in [2.24, 2.45) is 0 Å². The van der Waals surface area contributed by atoms with E-state index in [9.17, 15) is 9.65 Å². The van der Waals surface area contributed by atoms with Crippen molar-refractivity contribution in [3.8, 4) is 6.07 Å². The van der Waals surface area contributed by atoms with Crippen LogP contribution in [0.4, 0.5) is 10.4 Å². The Labute approximate surface area is 188 Å². The smallest absolute Gasteiger partial charge is 0.298 e. The Bertz CT molecular complexity index is 1070. The zero-order valence-electron chi connectivity index (χ0n) is 18.5. The SMILES string of the molecule is CN(c1nc2ccccc2o1)C1CCN([C@H]2CC[C@](C#N)(c3ccc(F)cc3)CC2)CC1. The van der Waals surface area contributed by atoms with Gasteiger partial charge in [-0.15, -0.1) is 0 Å². The largest absolute Gasteiger partial charge is 0.423 e. The fourth-order valence-corrected chi connectivity index (χ4v) is 5.50. The van der Waals surface area contributed by atoms with Crippen LogP contribution in [0.15, 0.2) is 52.9 Å². The van der Waals surface area contributed by atoms with Gasteiger partial charge in [-0.1, -0.05) is 24.3 Å². The Morgan fingerprint density at radius 1 is 1.06 bits per heavy atom. The van der Waals surface area contributed by atoms with Gasteiger partial charge in [0.15, 0.2) is 5.58 Å². The average molecular weight is 433 g/mol. The summed E-state index contributed by atoms with van der Waals surface area (Å²) < 4.78 is 19.3. The summed E-state index contributed by atoms with van der Waals surface area (Å²) in [4.78, 5) is 9.44. The summed E-state index contributed by atoms with van der Waals surface area (Å²) >= 11 is 0. The number of fused-ring (bicyclic) bond motifs is 1. The van der Waals surface area contributed by atoms with E-state index in [-0.39, 0.29) is 5.82 Å². The molecule has 0 bridgehead atoms. The number of hydrogen-bond acceptors (Lipinski definition) is 5. The molecule has 1 saturated carbocycles. The van der Waals surface area contributed by atoms with Crippen molar-refractivity contribution >= 4 is 17.1 Å². The Morgan fingerprint density at radius 2 is 1.75 bits per heavy atom. The van der Waals surface area contributed by atoms with Crippen LogP contribution in [0.1, 0.15) is 44.1 Å². The normalized spacial score (nSPS) is 25.0. The van der Waals surface area contributed by atoms with Crippen molar-refractivity contribution < 1.29 is 8.81 Å². The van der Waals surface area contributed by atoms with Crippen LogP contribution in [-0.2, 0) is 5.41 Å². The summed E-state index contributed by atoms with van der Waals surface area (Å²) in [7, 11) is 2.08. The molecule has 2 heterocycles. The molecular formula is C26H29FN4O. The number of hydrogen-bond donors (Lipinski definition) is 0. The molecule has 2 aromatic carbocycles. The van der Waals surface area contributed by atoms with Crippen molar-refractivity contribution in [3.05, 3.63) is 59.9 Å². The first kappa shape index (κ1) is 21.0. The van der Waals surface area contributed by atoms with E-state index in [1.54, 1.807) is 12.1 Å². The van der Waals surface area contributed by atoms with E-state index in [2.05, 4.69) is 27.9 Å². The molecule has 2 aliphatic rings. The molecular weight excluding hydrogens is 403 g/mol. The van der Waals surface area contributed by atoms with Gasteiger partial charge >= 0.3 is 0 Å². The first-order chi connectivity index (χ1) is 15.6. The second-order valence-electron chi connectivity index (χ2n) is 9.27. The van der Waals surface area contributed by atoms with Gasteiger partial charge in [-0.25, -0.2) is 4.39 Å². The van der Waals surface area contributed by atoms with Crippen LogP contribution >= 0.6 is 0 Å². The van der Waals surface area contributed by atoms with Gasteiger partial charge in [0.05, 0.1) is 11.5 Å². The van der Waals surface area contributed by atoms with E-state index >= 15 is 0 Å². The van der Waals surface area contributed by atoms with Crippen LogP contribution < -0.4 is 4.90 Å². The second kappa shape index (κ2) is 8.55. The maximum absolute atomic E-state index is 13.3. The molecule has 0 atom stereocenters. The molecule has 0 unspecified atom stereocenters. The van der Waals surface area contributed by atoms with Crippen LogP contribution in [0, 0.1) is 17.1 Å². The highest BCUT2D eigenvalue weighted by Gasteiger charge is 2.39. The summed E-state index contributed by atoms with van der Waals surface area (Å²) in [5.41, 5.74) is 2.21. The first-order valence-electron chi connectivity index (χ1n) is 11.6. The summed E-state index contributed by atoms with van der Waals surface area (Å²) in [5.74, 6) is -0.249. The molecule has 0 radical (unpaired) electrons. The number of halogens is 1. The molecule has 5 rings (SSSR count). The van der Waals surface area contributed by atoms with Crippen LogP contribution in [0.5, 0.6) is 0 Å². The zero-order chi connectivity index (χ0) is 22.1. The Balaban J connectivity index is 1.18. The zero-order valence-corrected chi connectivity index (χ0v) is 18.5. The minimum atomic E-state index is -0.476. The molecule has 0 spiro atoms. The molecule has 3 aromatic rings. The number of para-hydroxylation sites is 2. The predicted octanol–water partition coefficient (Wildman–Crippen LogP) is 5.27. The van der Waals surface area contributed by atoms with E-state index in [0.29, 0.717) is 18.1 Å². The number of rotatable bonds is 4. The molecule has 1 aliphatic heterocycles. The number of nitrogens with zero attached hydrogens (tertiary/aromatic N) is 4. The number of likely N-dealkylation sites (tertiary alicyclic amines) is 1. The van der Waals surface area contributed by atoms with Gasteiger partial charge in [0, 0.05) is 32.2 Å². The average Bonchev–Trinajstić information content (AvgIpc) is 3.29. The Kier molecular flexibility index (Phi) is 5.60. The third kappa shape index (κ3) is 3.86. The number of benzene rings is 2. The quantitative estimate of drug-likeness (QED) is 0.562. The van der Waals surface area contributed by atoms with E-state index in [4.69, 9.17) is 4.42 Å². The maximum Gasteiger partial charge on any atom is 0.298 e. The van der Waals surface area contributed by atoms with Crippen LogP contribution in [-0.4, -0.2) is 42.1 Å². The summed E-state index contributed by atoms with van der Waals surface area (Å²) in [6, 6.07) is 18.6. The minimum absolute atomic E-state index is 0.249. The fraction of sp³-hybridized carbons (Fsp3) is 0.462. The number of nitriles is 1. The number of anilines is 1. The van der Waals surface area contributed by atoms with E-state index < -0.39 is 5.41 Å². The van der Waals surface area contributed by atoms with Crippen LogP contribution in [0.2, 0.25) is 0 Å². The van der Waals surface area contributed by atoms with E-state index in [0.717, 1.165) is 68.3 Å². The third-order valence-electron chi connectivity index (χ3n) is 7.57. The molecule has 32 heavy (non-hydrogen) atoms. The number of piperidine rings is 1. The molecule has 0 N–H and O–H groups in total. The van der Waals surface area contributed by atoms with Crippen molar-refractivity contribution in [2.45, 2.75) is 56.0 Å². The highest BCUT2D eigenvalue weighted by atomic mass is 19.1. The van der Waals surface area contributed by atoms with Gasteiger partial charge in [-0.3, -0.25) is 0 Å². The van der Waals surface area contributed by atoms with Gasteiger partial charge in [0.25, 0.3) is 6.01 Å². The van der Waals surface area contributed by atoms with Gasteiger partial charge in [-0.2, -0.15) is 10.2 Å². The number of aromatic nitrogens is 1. The fourth-order valence-electron chi connectivity index (χ4n) is 5.50. The lowest BCUT2D eigenvalue weighted by molar-refractivity contribution is 0.107. The lowest BCUT2D eigenvalue weighted by Gasteiger charge is -2.44. The van der Waals surface area contributed by atoms with Gasteiger partial charge in [0.2, 0.25) is 0 Å². The number of oxazole rings is 1. The second-order valence-corrected chi connectivity index (χ2v) is 9.27. The Morgan fingerprint density at radius 3 is 2.41 bits per heavy atom. The van der Waals surface area contributed by atoms with Crippen molar-refractivity contribution in [3.63, 3.8) is 0 Å².